The zero-order valence-electron chi connectivity index (χ0n) is 16.6. The highest BCUT2D eigenvalue weighted by Crippen LogP contribution is 2.28. The van der Waals surface area contributed by atoms with Gasteiger partial charge in [-0.25, -0.2) is 0 Å². The van der Waals surface area contributed by atoms with Crippen LogP contribution in [-0.2, 0) is 9.59 Å². The SMILES string of the molecule is CC(C)NC(=O)[C@@H](NC(=O)CC(c1ccccc1)C(C)C)c1ccccc1. The molecule has 0 aliphatic heterocycles. The van der Waals surface area contributed by atoms with E-state index in [2.05, 4.69) is 36.6 Å². The van der Waals surface area contributed by atoms with Crippen LogP contribution in [0.4, 0.5) is 0 Å². The van der Waals surface area contributed by atoms with E-state index in [4.69, 9.17) is 0 Å². The second-order valence-corrected chi connectivity index (χ2v) is 7.54. The number of benzene rings is 2. The van der Waals surface area contributed by atoms with Crippen LogP contribution in [-0.4, -0.2) is 17.9 Å². The summed E-state index contributed by atoms with van der Waals surface area (Å²) in [6, 6.07) is 18.8. The van der Waals surface area contributed by atoms with Gasteiger partial charge in [-0.05, 0) is 36.8 Å². The van der Waals surface area contributed by atoms with E-state index in [0.29, 0.717) is 12.3 Å². The maximum Gasteiger partial charge on any atom is 0.247 e. The second-order valence-electron chi connectivity index (χ2n) is 7.54. The molecule has 1 unspecified atom stereocenters. The van der Waals surface area contributed by atoms with Gasteiger partial charge < -0.3 is 10.6 Å². The summed E-state index contributed by atoms with van der Waals surface area (Å²) in [6.45, 7) is 8.05. The van der Waals surface area contributed by atoms with Crippen molar-refractivity contribution >= 4 is 11.8 Å². The fraction of sp³-hybridized carbons (Fsp3) is 0.391. The third-order valence-electron chi connectivity index (χ3n) is 4.57. The molecule has 0 aliphatic rings. The summed E-state index contributed by atoms with van der Waals surface area (Å²) in [4.78, 5) is 25.5. The average molecular weight is 367 g/mol. The van der Waals surface area contributed by atoms with Crippen LogP contribution in [0.5, 0.6) is 0 Å². The summed E-state index contributed by atoms with van der Waals surface area (Å²) < 4.78 is 0. The zero-order chi connectivity index (χ0) is 19.8. The van der Waals surface area contributed by atoms with E-state index in [1.54, 1.807) is 0 Å². The lowest BCUT2D eigenvalue weighted by molar-refractivity contribution is -0.129. The molecule has 2 rings (SSSR count). The third kappa shape index (κ3) is 6.24. The Bertz CT molecular complexity index is 727. The van der Waals surface area contributed by atoms with Gasteiger partial charge in [-0.2, -0.15) is 0 Å². The minimum atomic E-state index is -0.690. The van der Waals surface area contributed by atoms with E-state index in [9.17, 15) is 9.59 Å². The molecule has 0 spiro atoms. The monoisotopic (exact) mass is 366 g/mol. The molecule has 2 amide bonds. The van der Waals surface area contributed by atoms with E-state index in [1.807, 2.05) is 62.4 Å². The second kappa shape index (κ2) is 9.91. The van der Waals surface area contributed by atoms with Crippen LogP contribution in [0.25, 0.3) is 0 Å². The van der Waals surface area contributed by atoms with E-state index < -0.39 is 6.04 Å². The molecule has 0 saturated carbocycles. The Morgan fingerprint density at radius 3 is 1.78 bits per heavy atom. The van der Waals surface area contributed by atoms with Crippen molar-refractivity contribution in [2.45, 2.75) is 52.1 Å². The number of nitrogens with one attached hydrogen (secondary N) is 2. The summed E-state index contributed by atoms with van der Waals surface area (Å²) in [5, 5.41) is 5.84. The van der Waals surface area contributed by atoms with E-state index in [-0.39, 0.29) is 23.8 Å². The molecular formula is C23H30N2O2. The first-order valence-corrected chi connectivity index (χ1v) is 9.58. The fourth-order valence-electron chi connectivity index (χ4n) is 3.17. The predicted molar refractivity (Wildman–Crippen MR) is 109 cm³/mol. The van der Waals surface area contributed by atoms with Crippen molar-refractivity contribution < 1.29 is 9.59 Å². The molecule has 0 radical (unpaired) electrons. The van der Waals surface area contributed by atoms with Gasteiger partial charge in [-0.15, -0.1) is 0 Å². The molecule has 4 heteroatoms. The third-order valence-corrected chi connectivity index (χ3v) is 4.57. The Morgan fingerprint density at radius 1 is 0.778 bits per heavy atom. The van der Waals surface area contributed by atoms with Crippen LogP contribution in [0.15, 0.2) is 60.7 Å². The van der Waals surface area contributed by atoms with Gasteiger partial charge in [-0.1, -0.05) is 74.5 Å². The number of carbonyl (C=O) groups is 2. The predicted octanol–water partition coefficient (Wildman–Crippen LogP) is 4.20. The Labute approximate surface area is 162 Å². The Morgan fingerprint density at radius 2 is 1.30 bits per heavy atom. The van der Waals surface area contributed by atoms with Crippen LogP contribution in [0.1, 0.15) is 57.2 Å². The molecule has 27 heavy (non-hydrogen) atoms. The molecule has 4 nitrogen and oxygen atoms in total. The quantitative estimate of drug-likeness (QED) is 0.736. The van der Waals surface area contributed by atoms with Gasteiger partial charge in [0.2, 0.25) is 11.8 Å². The van der Waals surface area contributed by atoms with Crippen molar-refractivity contribution in [2.75, 3.05) is 0 Å². The number of rotatable bonds is 8. The van der Waals surface area contributed by atoms with E-state index >= 15 is 0 Å². The zero-order valence-corrected chi connectivity index (χ0v) is 16.6. The highest BCUT2D eigenvalue weighted by atomic mass is 16.2. The highest BCUT2D eigenvalue weighted by molar-refractivity contribution is 5.89. The van der Waals surface area contributed by atoms with Crippen molar-refractivity contribution in [2.24, 2.45) is 5.92 Å². The van der Waals surface area contributed by atoms with E-state index in [1.165, 1.54) is 0 Å². The van der Waals surface area contributed by atoms with E-state index in [0.717, 1.165) is 11.1 Å². The Hall–Kier alpha value is -2.62. The van der Waals surface area contributed by atoms with Gasteiger partial charge in [0.15, 0.2) is 0 Å². The normalized spacial score (nSPS) is 13.3. The van der Waals surface area contributed by atoms with Crippen LogP contribution < -0.4 is 10.6 Å². The molecule has 144 valence electrons. The molecule has 2 N–H and O–H groups in total. The lowest BCUT2D eigenvalue weighted by atomic mass is 9.85. The molecule has 0 aliphatic carbocycles. The molecule has 0 fully saturated rings. The molecule has 0 heterocycles. The summed E-state index contributed by atoms with van der Waals surface area (Å²) in [5.74, 6) is 0.115. The summed E-state index contributed by atoms with van der Waals surface area (Å²) in [6.07, 6.45) is 0.347. The maximum absolute atomic E-state index is 12.8. The van der Waals surface area contributed by atoms with Crippen molar-refractivity contribution in [3.8, 4) is 0 Å². The minimum absolute atomic E-state index is 0.00773. The van der Waals surface area contributed by atoms with Crippen molar-refractivity contribution in [3.05, 3.63) is 71.8 Å². The standard InChI is InChI=1S/C23H30N2O2/c1-16(2)20(18-11-7-5-8-12-18)15-21(26)25-22(23(27)24-17(3)4)19-13-9-6-10-14-19/h5-14,16-17,20,22H,15H2,1-4H3,(H,24,27)(H,25,26)/t20?,22-/m0/s1. The summed E-state index contributed by atoms with van der Waals surface area (Å²) in [7, 11) is 0. The van der Waals surface area contributed by atoms with Gasteiger partial charge >= 0.3 is 0 Å². The smallest absolute Gasteiger partial charge is 0.247 e. The Kier molecular flexibility index (Phi) is 7.59. The Balaban J connectivity index is 2.16. The van der Waals surface area contributed by atoms with Gasteiger partial charge in [0, 0.05) is 12.5 Å². The van der Waals surface area contributed by atoms with Gasteiger partial charge in [0.05, 0.1) is 0 Å². The van der Waals surface area contributed by atoms with Crippen molar-refractivity contribution in [1.82, 2.24) is 10.6 Å². The summed E-state index contributed by atoms with van der Waals surface area (Å²) >= 11 is 0. The number of amides is 2. The largest absolute Gasteiger partial charge is 0.352 e. The molecule has 2 aromatic carbocycles. The first-order chi connectivity index (χ1) is 12.9. The lowest BCUT2D eigenvalue weighted by Gasteiger charge is -2.24. The first-order valence-electron chi connectivity index (χ1n) is 9.58. The van der Waals surface area contributed by atoms with Crippen LogP contribution >= 0.6 is 0 Å². The highest BCUT2D eigenvalue weighted by Gasteiger charge is 2.26. The molecule has 0 aromatic heterocycles. The van der Waals surface area contributed by atoms with Crippen LogP contribution in [0.3, 0.4) is 0 Å². The maximum atomic E-state index is 12.8. The van der Waals surface area contributed by atoms with Gasteiger partial charge in [0.25, 0.3) is 0 Å². The van der Waals surface area contributed by atoms with Gasteiger partial charge in [-0.3, -0.25) is 9.59 Å². The number of hydrogen-bond donors (Lipinski definition) is 2. The molecule has 2 atom stereocenters. The van der Waals surface area contributed by atoms with Gasteiger partial charge in [0.1, 0.15) is 6.04 Å². The molecule has 0 bridgehead atoms. The molecule has 0 saturated heterocycles. The molecular weight excluding hydrogens is 336 g/mol. The topological polar surface area (TPSA) is 58.2 Å². The van der Waals surface area contributed by atoms with Crippen molar-refractivity contribution in [3.63, 3.8) is 0 Å². The molecule has 2 aromatic rings. The van der Waals surface area contributed by atoms with Crippen LogP contribution in [0.2, 0.25) is 0 Å². The summed E-state index contributed by atoms with van der Waals surface area (Å²) in [5.41, 5.74) is 1.93. The number of hydrogen-bond acceptors (Lipinski definition) is 2. The lowest BCUT2D eigenvalue weighted by Crippen LogP contribution is -2.43. The van der Waals surface area contributed by atoms with Crippen molar-refractivity contribution in [1.29, 1.82) is 0 Å². The first kappa shape index (κ1) is 20.7. The average Bonchev–Trinajstić information content (AvgIpc) is 2.64. The fourth-order valence-corrected chi connectivity index (χ4v) is 3.17. The number of carbonyl (C=O) groups excluding carboxylic acids is 2. The minimum Gasteiger partial charge on any atom is -0.352 e. The van der Waals surface area contributed by atoms with Crippen LogP contribution in [0, 0.1) is 5.92 Å².